The summed E-state index contributed by atoms with van der Waals surface area (Å²) in [6.07, 6.45) is 3.72. The number of fused-ring (bicyclic) bond motifs is 1. The SMILES string of the molecule is C[C@@H]1[C@H](C)CCC[C@@H]1NC(=S)NNC(=O)CN1C(=O)CCOc2ccccc21. The summed E-state index contributed by atoms with van der Waals surface area (Å²) in [5.74, 6) is 1.28. The van der Waals surface area contributed by atoms with E-state index >= 15 is 0 Å². The lowest BCUT2D eigenvalue weighted by atomic mass is 9.78. The van der Waals surface area contributed by atoms with Gasteiger partial charge in [-0.15, -0.1) is 0 Å². The van der Waals surface area contributed by atoms with Crippen LogP contribution in [-0.2, 0) is 9.59 Å². The molecule has 152 valence electrons. The Hall–Kier alpha value is -2.35. The Bertz CT molecular complexity index is 742. The third-order valence-corrected chi connectivity index (χ3v) is 5.89. The zero-order valence-corrected chi connectivity index (χ0v) is 17.2. The molecule has 0 unspecified atom stereocenters. The Kier molecular flexibility index (Phi) is 6.72. The third kappa shape index (κ3) is 4.92. The van der Waals surface area contributed by atoms with Gasteiger partial charge in [0, 0.05) is 6.04 Å². The van der Waals surface area contributed by atoms with Crippen LogP contribution >= 0.6 is 12.2 Å². The van der Waals surface area contributed by atoms with E-state index in [1.54, 1.807) is 12.1 Å². The van der Waals surface area contributed by atoms with Gasteiger partial charge < -0.3 is 10.1 Å². The monoisotopic (exact) mass is 404 g/mol. The maximum atomic E-state index is 12.4. The van der Waals surface area contributed by atoms with Gasteiger partial charge in [-0.1, -0.05) is 38.8 Å². The quantitative estimate of drug-likeness (QED) is 0.529. The van der Waals surface area contributed by atoms with Crippen LogP contribution in [0, 0.1) is 11.8 Å². The van der Waals surface area contributed by atoms with Crippen molar-refractivity contribution in [2.45, 2.75) is 45.6 Å². The van der Waals surface area contributed by atoms with E-state index in [4.69, 9.17) is 17.0 Å². The van der Waals surface area contributed by atoms with Crippen molar-refractivity contribution in [3.8, 4) is 5.75 Å². The van der Waals surface area contributed by atoms with E-state index in [0.717, 1.165) is 6.42 Å². The fourth-order valence-corrected chi connectivity index (χ4v) is 4.00. The van der Waals surface area contributed by atoms with Crippen LogP contribution in [0.25, 0.3) is 0 Å². The summed E-state index contributed by atoms with van der Waals surface area (Å²) in [7, 11) is 0. The Labute approximate surface area is 171 Å². The lowest BCUT2D eigenvalue weighted by Crippen LogP contribution is -2.54. The van der Waals surface area contributed by atoms with Crippen LogP contribution in [0.15, 0.2) is 24.3 Å². The van der Waals surface area contributed by atoms with Gasteiger partial charge in [-0.3, -0.25) is 25.3 Å². The van der Waals surface area contributed by atoms with Crippen molar-refractivity contribution in [1.29, 1.82) is 0 Å². The average molecular weight is 405 g/mol. The number of nitrogens with zero attached hydrogens (tertiary/aromatic N) is 1. The highest BCUT2D eigenvalue weighted by Gasteiger charge is 2.28. The van der Waals surface area contributed by atoms with Crippen molar-refractivity contribution in [3.63, 3.8) is 0 Å². The first-order valence-electron chi connectivity index (χ1n) is 9.83. The number of amides is 2. The standard InChI is InChI=1S/C20H28N4O3S/c1-13-6-5-7-15(14(13)2)21-20(28)23-22-18(25)12-24-16-8-3-4-9-17(16)27-11-10-19(24)26/h3-4,8-9,13-15H,5-7,10-12H2,1-2H3,(H,22,25)(H2,21,23,28)/t13-,14-,15+/m1/s1. The molecule has 8 heteroatoms. The number of hydrazine groups is 1. The number of benzene rings is 1. The molecule has 1 saturated carbocycles. The van der Waals surface area contributed by atoms with Gasteiger partial charge in [0.05, 0.1) is 18.7 Å². The van der Waals surface area contributed by atoms with Gasteiger partial charge in [0.2, 0.25) is 5.91 Å². The second-order valence-corrected chi connectivity index (χ2v) is 7.97. The van der Waals surface area contributed by atoms with E-state index in [0.29, 0.717) is 41.0 Å². The number of para-hydroxylation sites is 2. The molecule has 0 bridgehead atoms. The number of ether oxygens (including phenoxy) is 1. The average Bonchev–Trinajstić information content (AvgIpc) is 2.83. The number of rotatable bonds is 3. The zero-order valence-electron chi connectivity index (χ0n) is 16.4. The maximum absolute atomic E-state index is 12.4. The van der Waals surface area contributed by atoms with Gasteiger partial charge >= 0.3 is 0 Å². The molecule has 0 aromatic heterocycles. The van der Waals surface area contributed by atoms with Crippen molar-refractivity contribution < 1.29 is 14.3 Å². The number of thiocarbonyl (C=S) groups is 1. The fourth-order valence-electron chi connectivity index (χ4n) is 3.79. The molecule has 28 heavy (non-hydrogen) atoms. The summed E-state index contributed by atoms with van der Waals surface area (Å²) in [5, 5.41) is 3.69. The summed E-state index contributed by atoms with van der Waals surface area (Å²) < 4.78 is 5.59. The molecular weight excluding hydrogens is 376 g/mol. The molecule has 7 nitrogen and oxygen atoms in total. The molecule has 3 rings (SSSR count). The van der Waals surface area contributed by atoms with Crippen molar-refractivity contribution in [1.82, 2.24) is 16.2 Å². The van der Waals surface area contributed by atoms with Crippen LogP contribution in [0.3, 0.4) is 0 Å². The molecular formula is C20H28N4O3S. The van der Waals surface area contributed by atoms with Crippen molar-refractivity contribution in [2.75, 3.05) is 18.1 Å². The van der Waals surface area contributed by atoms with E-state index < -0.39 is 0 Å². The second kappa shape index (κ2) is 9.23. The summed E-state index contributed by atoms with van der Waals surface area (Å²) >= 11 is 5.32. The Morgan fingerprint density at radius 2 is 2.04 bits per heavy atom. The number of nitrogens with one attached hydrogen (secondary N) is 3. The molecule has 0 spiro atoms. The van der Waals surface area contributed by atoms with Crippen molar-refractivity contribution >= 4 is 34.8 Å². The summed E-state index contributed by atoms with van der Waals surface area (Å²) in [4.78, 5) is 26.2. The first-order valence-corrected chi connectivity index (χ1v) is 10.2. The Balaban J connectivity index is 1.52. The van der Waals surface area contributed by atoms with Gasteiger partial charge in [-0.2, -0.15) is 0 Å². The third-order valence-electron chi connectivity index (χ3n) is 5.67. The number of carbonyl (C=O) groups excluding carboxylic acids is 2. The lowest BCUT2D eigenvalue weighted by Gasteiger charge is -2.35. The molecule has 1 heterocycles. The van der Waals surface area contributed by atoms with E-state index in [9.17, 15) is 9.59 Å². The molecule has 3 N–H and O–H groups in total. The van der Waals surface area contributed by atoms with Gasteiger partial charge in [0.25, 0.3) is 5.91 Å². The second-order valence-electron chi connectivity index (χ2n) is 7.57. The summed E-state index contributed by atoms with van der Waals surface area (Å²) in [6, 6.07) is 7.53. The molecule has 1 fully saturated rings. The van der Waals surface area contributed by atoms with E-state index in [2.05, 4.69) is 30.0 Å². The first-order chi connectivity index (χ1) is 13.5. The highest BCUT2D eigenvalue weighted by molar-refractivity contribution is 7.80. The maximum Gasteiger partial charge on any atom is 0.258 e. The molecule has 3 atom stereocenters. The van der Waals surface area contributed by atoms with Gasteiger partial charge in [0.1, 0.15) is 12.3 Å². The minimum absolute atomic E-state index is 0.105. The molecule has 1 aliphatic carbocycles. The van der Waals surface area contributed by atoms with Crippen LogP contribution in [0.1, 0.15) is 39.5 Å². The number of hydrogen-bond acceptors (Lipinski definition) is 4. The molecule has 1 aromatic rings. The van der Waals surface area contributed by atoms with Gasteiger partial charge in [-0.05, 0) is 42.6 Å². The van der Waals surface area contributed by atoms with Crippen molar-refractivity contribution in [3.05, 3.63) is 24.3 Å². The molecule has 2 amide bonds. The fraction of sp³-hybridized carbons (Fsp3) is 0.550. The Morgan fingerprint density at radius 1 is 1.25 bits per heavy atom. The largest absolute Gasteiger partial charge is 0.491 e. The predicted molar refractivity (Wildman–Crippen MR) is 112 cm³/mol. The van der Waals surface area contributed by atoms with Gasteiger partial charge in [-0.25, -0.2) is 0 Å². The Morgan fingerprint density at radius 3 is 2.86 bits per heavy atom. The predicted octanol–water partition coefficient (Wildman–Crippen LogP) is 2.12. The van der Waals surface area contributed by atoms with Crippen molar-refractivity contribution in [2.24, 2.45) is 11.8 Å². The van der Waals surface area contributed by atoms with Crippen LogP contribution in [-0.4, -0.2) is 36.1 Å². The minimum Gasteiger partial charge on any atom is -0.491 e. The van der Waals surface area contributed by atoms with Crippen LogP contribution in [0.4, 0.5) is 5.69 Å². The minimum atomic E-state index is -0.348. The number of carbonyl (C=O) groups is 2. The highest BCUT2D eigenvalue weighted by Crippen LogP contribution is 2.31. The van der Waals surface area contributed by atoms with Crippen LogP contribution in [0.5, 0.6) is 5.75 Å². The molecule has 2 aliphatic rings. The first kappa shape index (κ1) is 20.4. The summed E-state index contributed by atoms with van der Waals surface area (Å²) in [6.45, 7) is 4.69. The number of anilines is 1. The van der Waals surface area contributed by atoms with E-state index in [-0.39, 0.29) is 24.8 Å². The van der Waals surface area contributed by atoms with Gasteiger partial charge in [0.15, 0.2) is 5.11 Å². The van der Waals surface area contributed by atoms with Crippen LogP contribution in [0.2, 0.25) is 0 Å². The van der Waals surface area contributed by atoms with Crippen LogP contribution < -0.4 is 25.8 Å². The number of hydrogen-bond donors (Lipinski definition) is 3. The smallest absolute Gasteiger partial charge is 0.258 e. The van der Waals surface area contributed by atoms with E-state index in [1.807, 2.05) is 12.1 Å². The lowest BCUT2D eigenvalue weighted by molar-refractivity contribution is -0.124. The normalized spacial score (nSPS) is 24.4. The highest BCUT2D eigenvalue weighted by atomic mass is 32.1. The topological polar surface area (TPSA) is 82.7 Å². The molecule has 0 radical (unpaired) electrons. The zero-order chi connectivity index (χ0) is 20.1. The molecule has 0 saturated heterocycles. The summed E-state index contributed by atoms with van der Waals surface area (Å²) in [5.41, 5.74) is 5.95. The molecule has 1 aliphatic heterocycles. The molecule has 1 aromatic carbocycles. The van der Waals surface area contributed by atoms with E-state index in [1.165, 1.54) is 17.7 Å².